The van der Waals surface area contributed by atoms with Crippen LogP contribution in [0.15, 0.2) is 315 Å². The van der Waals surface area contributed by atoms with Crippen molar-refractivity contribution in [3.05, 3.63) is 338 Å². The number of hydrogen-bond donors (Lipinski definition) is 0. The van der Waals surface area contributed by atoms with Crippen molar-refractivity contribution in [2.75, 3.05) is 0 Å². The molecular weight excluding hydrogens is 1160 g/mol. The molecule has 0 N–H and O–H groups in total. The molecule has 4 heteroatoms. The SMILES string of the molecule is c1ccc(-c2ccc(-c3cc(-c4ccccc4)nc(-c4ccc(-c5cccc6c5-c5ccccc5C65CCCCC5)cc4)n3)cc2)cc1.c1ccc(-c2ccc(-c3cc(-c4ccccc4)nc(-c4cccc(-c5cccc6c5-c5ccccc5C65CCCCC5)c4)n3)cc2)cc1. The molecular formula is C92H72N4. The minimum Gasteiger partial charge on any atom is -0.228 e. The summed E-state index contributed by atoms with van der Waals surface area (Å²) in [5.41, 5.74) is 31.8. The number of nitrogens with zero attached hydrogens (tertiary/aromatic N) is 4. The van der Waals surface area contributed by atoms with E-state index in [1.165, 1.54) is 153 Å². The Morgan fingerprint density at radius 3 is 0.906 bits per heavy atom. The summed E-state index contributed by atoms with van der Waals surface area (Å²) in [5.74, 6) is 1.46. The second-order valence-electron chi connectivity index (χ2n) is 26.5. The Labute approximate surface area is 563 Å². The second-order valence-corrected chi connectivity index (χ2v) is 26.5. The number of rotatable bonds is 10. The van der Waals surface area contributed by atoms with Gasteiger partial charge >= 0.3 is 0 Å². The highest BCUT2D eigenvalue weighted by atomic mass is 14.9. The molecule has 96 heavy (non-hydrogen) atoms. The molecule has 4 nitrogen and oxygen atoms in total. The second kappa shape index (κ2) is 25.3. The summed E-state index contributed by atoms with van der Waals surface area (Å²) >= 11 is 0. The van der Waals surface area contributed by atoms with Crippen molar-refractivity contribution in [2.45, 2.75) is 75.0 Å². The van der Waals surface area contributed by atoms with Gasteiger partial charge in [0.05, 0.1) is 22.8 Å². The largest absolute Gasteiger partial charge is 0.228 e. The predicted molar refractivity (Wildman–Crippen MR) is 397 cm³/mol. The monoisotopic (exact) mass is 1230 g/mol. The van der Waals surface area contributed by atoms with E-state index < -0.39 is 0 Å². The number of benzene rings is 12. The molecule has 0 bridgehead atoms. The van der Waals surface area contributed by atoms with Crippen LogP contribution in [0.4, 0.5) is 0 Å². The average Bonchev–Trinajstić information content (AvgIpc) is 1.58. The zero-order chi connectivity index (χ0) is 63.8. The molecule has 0 aliphatic heterocycles. The smallest absolute Gasteiger partial charge is 0.160 e. The predicted octanol–water partition coefficient (Wildman–Crippen LogP) is 24.1. The van der Waals surface area contributed by atoms with Crippen molar-refractivity contribution in [1.82, 2.24) is 19.9 Å². The van der Waals surface area contributed by atoms with Crippen LogP contribution in [0.25, 0.3) is 135 Å². The van der Waals surface area contributed by atoms with Gasteiger partial charge in [0.1, 0.15) is 0 Å². The van der Waals surface area contributed by atoms with Gasteiger partial charge in [0.25, 0.3) is 0 Å². The van der Waals surface area contributed by atoms with Crippen LogP contribution in [-0.2, 0) is 10.8 Å². The third-order valence-corrected chi connectivity index (χ3v) is 21.1. The van der Waals surface area contributed by atoms with Gasteiger partial charge in [-0.05, 0) is 133 Å². The molecule has 460 valence electrons. The first-order chi connectivity index (χ1) is 47.5. The summed E-state index contributed by atoms with van der Waals surface area (Å²) in [7, 11) is 0. The lowest BCUT2D eigenvalue weighted by atomic mass is 9.68. The van der Waals surface area contributed by atoms with Crippen molar-refractivity contribution in [3.63, 3.8) is 0 Å². The van der Waals surface area contributed by atoms with E-state index in [9.17, 15) is 0 Å². The highest BCUT2D eigenvalue weighted by Gasteiger charge is 2.46. The van der Waals surface area contributed by atoms with Crippen molar-refractivity contribution in [2.24, 2.45) is 0 Å². The minimum atomic E-state index is 0.135. The van der Waals surface area contributed by atoms with Crippen LogP contribution >= 0.6 is 0 Å². The van der Waals surface area contributed by atoms with Gasteiger partial charge in [0.2, 0.25) is 0 Å². The first-order valence-electron chi connectivity index (χ1n) is 34.4. The molecule has 18 rings (SSSR count). The zero-order valence-electron chi connectivity index (χ0n) is 53.9. The molecule has 4 aliphatic rings. The van der Waals surface area contributed by atoms with E-state index >= 15 is 0 Å². The molecule has 2 fully saturated rings. The van der Waals surface area contributed by atoms with E-state index in [4.69, 9.17) is 19.9 Å². The number of fused-ring (bicyclic) bond motifs is 10. The van der Waals surface area contributed by atoms with E-state index in [1.54, 1.807) is 0 Å². The average molecular weight is 1230 g/mol. The lowest BCUT2D eigenvalue weighted by Gasteiger charge is -2.36. The molecule has 0 atom stereocenters. The quantitative estimate of drug-likeness (QED) is 0.137. The molecule has 14 aromatic rings. The van der Waals surface area contributed by atoms with Crippen LogP contribution in [-0.4, -0.2) is 19.9 Å². The normalized spacial score (nSPS) is 14.4. The van der Waals surface area contributed by atoms with Gasteiger partial charge in [-0.2, -0.15) is 0 Å². The van der Waals surface area contributed by atoms with Gasteiger partial charge in [-0.15, -0.1) is 0 Å². The zero-order valence-corrected chi connectivity index (χ0v) is 53.9. The Morgan fingerprint density at radius 2 is 0.469 bits per heavy atom. The Balaban J connectivity index is 0.000000145. The maximum atomic E-state index is 5.20. The maximum absolute atomic E-state index is 5.20. The van der Waals surface area contributed by atoms with Gasteiger partial charge in [-0.1, -0.05) is 336 Å². The maximum Gasteiger partial charge on any atom is 0.160 e. The fourth-order valence-corrected chi connectivity index (χ4v) is 16.4. The number of aromatic nitrogens is 4. The van der Waals surface area contributed by atoms with Crippen LogP contribution in [0.5, 0.6) is 0 Å². The first kappa shape index (κ1) is 58.6. The van der Waals surface area contributed by atoms with Crippen molar-refractivity contribution >= 4 is 0 Å². The molecule has 2 aromatic heterocycles. The van der Waals surface area contributed by atoms with Crippen LogP contribution in [0, 0.1) is 0 Å². The highest BCUT2D eigenvalue weighted by Crippen LogP contribution is 2.59. The molecule has 2 heterocycles. The minimum absolute atomic E-state index is 0.135. The molecule has 12 aromatic carbocycles. The third kappa shape index (κ3) is 10.8. The summed E-state index contributed by atoms with van der Waals surface area (Å²) in [4.78, 5) is 20.6. The van der Waals surface area contributed by atoms with E-state index in [1.807, 2.05) is 12.1 Å². The molecule has 0 amide bonds. The summed E-state index contributed by atoms with van der Waals surface area (Å²) in [6.45, 7) is 0. The Hall–Kier alpha value is -11.2. The van der Waals surface area contributed by atoms with Crippen LogP contribution in [0.1, 0.15) is 86.5 Å². The topological polar surface area (TPSA) is 51.6 Å². The fraction of sp³-hybridized carbons (Fsp3) is 0.130. The first-order valence-corrected chi connectivity index (χ1v) is 34.4. The van der Waals surface area contributed by atoms with E-state index in [0.717, 1.165) is 67.8 Å². The van der Waals surface area contributed by atoms with Gasteiger partial charge in [-0.3, -0.25) is 0 Å². The number of hydrogen-bond acceptors (Lipinski definition) is 4. The molecule has 2 spiro atoms. The van der Waals surface area contributed by atoms with Crippen LogP contribution in [0.3, 0.4) is 0 Å². The highest BCUT2D eigenvalue weighted by molar-refractivity contribution is 5.95. The van der Waals surface area contributed by atoms with E-state index in [-0.39, 0.29) is 10.8 Å². The molecule has 0 unspecified atom stereocenters. The Kier molecular flexibility index (Phi) is 15.4. The summed E-state index contributed by atoms with van der Waals surface area (Å²) in [5, 5.41) is 0. The standard InChI is InChI=1S/2C46H36N2/c1-4-14-32(15-5-1)33-24-26-35(27-25-33)43-31-42(34-16-6-2-7-17-34)47-45(48-43)37-19-12-18-36(30-37)38-21-13-23-41-44(38)39-20-8-9-22-40(39)46(41)28-10-3-11-29-46;1-4-13-32(14-5-1)33-21-25-36(26-22-33)43-31-42(35-15-6-2-7-16-35)47-45(48-43)37-27-23-34(24-28-37)38-18-12-20-41-44(38)39-17-8-9-19-40(39)46(41)29-10-3-11-30-46/h1-2,4-9,12-27,30-31H,3,10-11,28-29H2;1-2,4-9,12-28,31H,3,10-11,29-30H2. The van der Waals surface area contributed by atoms with E-state index in [0.29, 0.717) is 0 Å². The molecule has 4 aliphatic carbocycles. The van der Waals surface area contributed by atoms with Crippen molar-refractivity contribution in [3.8, 4) is 135 Å². The molecule has 0 saturated heterocycles. The summed E-state index contributed by atoms with van der Waals surface area (Å²) < 4.78 is 0. The Bertz CT molecular complexity index is 5130. The van der Waals surface area contributed by atoms with Crippen LogP contribution in [0.2, 0.25) is 0 Å². The fourth-order valence-electron chi connectivity index (χ4n) is 16.4. The van der Waals surface area contributed by atoms with Crippen molar-refractivity contribution < 1.29 is 0 Å². The van der Waals surface area contributed by atoms with Crippen LogP contribution < -0.4 is 0 Å². The van der Waals surface area contributed by atoms with Gasteiger partial charge in [0, 0.05) is 44.2 Å². The summed E-state index contributed by atoms with van der Waals surface area (Å²) in [6.07, 6.45) is 12.8. The lowest BCUT2D eigenvalue weighted by molar-refractivity contribution is 0.353. The van der Waals surface area contributed by atoms with Gasteiger partial charge in [0.15, 0.2) is 11.6 Å². The van der Waals surface area contributed by atoms with Crippen molar-refractivity contribution in [1.29, 1.82) is 0 Å². The molecule has 0 radical (unpaired) electrons. The third-order valence-electron chi connectivity index (χ3n) is 21.1. The lowest BCUT2D eigenvalue weighted by Crippen LogP contribution is -2.27. The summed E-state index contributed by atoms with van der Waals surface area (Å²) in [6, 6.07) is 113. The van der Waals surface area contributed by atoms with E-state index in [2.05, 4.69) is 303 Å². The Morgan fingerprint density at radius 1 is 0.188 bits per heavy atom. The van der Waals surface area contributed by atoms with Gasteiger partial charge < -0.3 is 0 Å². The van der Waals surface area contributed by atoms with Gasteiger partial charge in [-0.25, -0.2) is 19.9 Å². The molecule has 2 saturated carbocycles.